The highest BCUT2D eigenvalue weighted by Gasteiger charge is 2.43. The Labute approximate surface area is 123 Å². The summed E-state index contributed by atoms with van der Waals surface area (Å²) in [4.78, 5) is 21.9. The highest BCUT2D eigenvalue weighted by atomic mass is 16.6. The van der Waals surface area contributed by atoms with Gasteiger partial charge in [-0.25, -0.2) is 0 Å². The van der Waals surface area contributed by atoms with Crippen molar-refractivity contribution in [3.8, 4) is 0 Å². The second kappa shape index (κ2) is 5.71. The monoisotopic (exact) mass is 292 g/mol. The van der Waals surface area contributed by atoms with E-state index in [9.17, 15) is 20.0 Å². The van der Waals surface area contributed by atoms with Crippen LogP contribution in [-0.4, -0.2) is 22.0 Å². The molecule has 2 N–H and O–H groups in total. The minimum Gasteiger partial charge on any atom is -0.481 e. The maximum atomic E-state index is 11.6. The molecule has 0 radical (unpaired) electrons. The van der Waals surface area contributed by atoms with Gasteiger partial charge >= 0.3 is 5.97 Å². The van der Waals surface area contributed by atoms with Crippen LogP contribution in [0.5, 0.6) is 0 Å². The lowest BCUT2D eigenvalue weighted by Crippen LogP contribution is -2.46. The van der Waals surface area contributed by atoms with Crippen molar-refractivity contribution in [3.63, 3.8) is 0 Å². The molecule has 6 heteroatoms. The smallest absolute Gasteiger partial charge is 0.311 e. The third-order valence-corrected chi connectivity index (χ3v) is 4.45. The molecule has 0 heterocycles. The summed E-state index contributed by atoms with van der Waals surface area (Å²) in [5.41, 5.74) is 0.761. The summed E-state index contributed by atoms with van der Waals surface area (Å²) in [6.07, 6.45) is 3.35. The van der Waals surface area contributed by atoms with Crippen molar-refractivity contribution < 1.29 is 14.8 Å². The maximum absolute atomic E-state index is 11.6. The molecule has 1 aliphatic rings. The zero-order valence-corrected chi connectivity index (χ0v) is 12.3. The van der Waals surface area contributed by atoms with Gasteiger partial charge in [0, 0.05) is 23.9 Å². The molecule has 21 heavy (non-hydrogen) atoms. The van der Waals surface area contributed by atoms with Crippen LogP contribution in [0.25, 0.3) is 0 Å². The minimum atomic E-state index is -0.799. The number of carboxylic acids is 1. The lowest BCUT2D eigenvalue weighted by Gasteiger charge is -2.39. The number of carboxylic acid groups (broad SMARTS) is 1. The van der Waals surface area contributed by atoms with Gasteiger partial charge in [-0.05, 0) is 38.3 Å². The molecule has 114 valence electrons. The predicted octanol–water partition coefficient (Wildman–Crippen LogP) is 3.35. The second-order valence-electron chi connectivity index (χ2n) is 5.92. The fourth-order valence-electron chi connectivity index (χ4n) is 2.93. The topological polar surface area (TPSA) is 92.5 Å². The molecule has 2 unspecified atom stereocenters. The number of hydrogen-bond acceptors (Lipinski definition) is 4. The maximum Gasteiger partial charge on any atom is 0.311 e. The average molecular weight is 292 g/mol. The Bertz CT molecular complexity index is 573. The normalized spacial score (nSPS) is 25.3. The number of non-ortho nitro benzene ring substituents is 1. The molecule has 0 saturated heterocycles. The third kappa shape index (κ3) is 2.99. The van der Waals surface area contributed by atoms with Crippen LogP contribution in [0.15, 0.2) is 18.2 Å². The van der Waals surface area contributed by atoms with Crippen molar-refractivity contribution in [2.75, 3.05) is 5.32 Å². The van der Waals surface area contributed by atoms with Crippen LogP contribution in [0, 0.1) is 22.5 Å². The molecule has 0 aromatic heterocycles. The van der Waals surface area contributed by atoms with Crippen LogP contribution in [-0.2, 0) is 4.79 Å². The molecule has 2 atom stereocenters. The van der Waals surface area contributed by atoms with Crippen LogP contribution in [0.3, 0.4) is 0 Å². The fraction of sp³-hybridized carbons (Fsp3) is 0.533. The van der Waals surface area contributed by atoms with E-state index >= 15 is 0 Å². The van der Waals surface area contributed by atoms with E-state index in [-0.39, 0.29) is 11.7 Å². The summed E-state index contributed by atoms with van der Waals surface area (Å²) >= 11 is 0. The Morgan fingerprint density at radius 3 is 2.76 bits per heavy atom. The number of aliphatic carboxylic acids is 1. The van der Waals surface area contributed by atoms with Gasteiger partial charge in [-0.1, -0.05) is 12.8 Å². The van der Waals surface area contributed by atoms with Gasteiger partial charge in [-0.3, -0.25) is 14.9 Å². The van der Waals surface area contributed by atoms with Crippen LogP contribution in [0.1, 0.15) is 38.2 Å². The fourth-order valence-corrected chi connectivity index (χ4v) is 2.93. The summed E-state index contributed by atoms with van der Waals surface area (Å²) in [6.45, 7) is 3.56. The molecule has 0 spiro atoms. The third-order valence-electron chi connectivity index (χ3n) is 4.45. The first-order valence-corrected chi connectivity index (χ1v) is 7.09. The Hall–Kier alpha value is -2.11. The number of rotatable bonds is 4. The molecule has 1 aromatic carbocycles. The van der Waals surface area contributed by atoms with E-state index in [1.165, 1.54) is 12.1 Å². The molecule has 1 aromatic rings. The number of carbonyl (C=O) groups is 1. The second-order valence-corrected chi connectivity index (χ2v) is 5.92. The molecule has 1 fully saturated rings. The van der Waals surface area contributed by atoms with E-state index < -0.39 is 16.3 Å². The highest BCUT2D eigenvalue weighted by Crippen LogP contribution is 2.38. The van der Waals surface area contributed by atoms with E-state index in [4.69, 9.17) is 0 Å². The molecular formula is C15H20N2O4. The largest absolute Gasteiger partial charge is 0.481 e. The summed E-state index contributed by atoms with van der Waals surface area (Å²) in [5, 5.41) is 23.5. The average Bonchev–Trinajstić information content (AvgIpc) is 2.43. The first-order valence-electron chi connectivity index (χ1n) is 7.09. The number of hydrogen-bond donors (Lipinski definition) is 2. The first kappa shape index (κ1) is 15.3. The van der Waals surface area contributed by atoms with Crippen LogP contribution in [0.4, 0.5) is 11.4 Å². The van der Waals surface area contributed by atoms with E-state index in [0.717, 1.165) is 30.5 Å². The first-order chi connectivity index (χ1) is 9.84. The van der Waals surface area contributed by atoms with Gasteiger partial charge in [-0.2, -0.15) is 0 Å². The standard InChI is InChI=1S/C15H20N2O4/c1-10-9-11(17(20)21)6-7-12(10)16-13-5-3-4-8-15(13,2)14(18)19/h6-7,9,13,16H,3-5,8H2,1-2H3,(H,18,19). The molecule has 6 nitrogen and oxygen atoms in total. The molecule has 0 aliphatic heterocycles. The highest BCUT2D eigenvalue weighted by molar-refractivity contribution is 5.76. The van der Waals surface area contributed by atoms with E-state index in [1.807, 2.05) is 0 Å². The summed E-state index contributed by atoms with van der Waals surface area (Å²) < 4.78 is 0. The van der Waals surface area contributed by atoms with E-state index in [0.29, 0.717) is 6.42 Å². The van der Waals surface area contributed by atoms with Crippen molar-refractivity contribution >= 4 is 17.3 Å². The Morgan fingerprint density at radius 2 is 2.19 bits per heavy atom. The molecule has 0 amide bonds. The van der Waals surface area contributed by atoms with Gasteiger partial charge in [0.1, 0.15) is 0 Å². The minimum absolute atomic E-state index is 0.0442. The Kier molecular flexibility index (Phi) is 4.16. The number of benzene rings is 1. The van der Waals surface area contributed by atoms with Crippen molar-refractivity contribution in [1.29, 1.82) is 0 Å². The van der Waals surface area contributed by atoms with Gasteiger partial charge in [-0.15, -0.1) is 0 Å². The summed E-state index contributed by atoms with van der Waals surface area (Å²) in [6, 6.07) is 4.44. The Balaban J connectivity index is 2.24. The SMILES string of the molecule is Cc1cc([N+](=O)[O-])ccc1NC1CCCCC1(C)C(=O)O. The predicted molar refractivity (Wildman–Crippen MR) is 79.5 cm³/mol. The quantitative estimate of drug-likeness (QED) is 0.655. The Morgan fingerprint density at radius 1 is 1.48 bits per heavy atom. The van der Waals surface area contributed by atoms with E-state index in [1.54, 1.807) is 19.9 Å². The number of nitrogens with one attached hydrogen (secondary N) is 1. The molecule has 1 aliphatic carbocycles. The number of nitro groups is 1. The lowest BCUT2D eigenvalue weighted by molar-refractivity contribution is -0.384. The summed E-state index contributed by atoms with van der Waals surface area (Å²) in [7, 11) is 0. The van der Waals surface area contributed by atoms with Crippen LogP contribution < -0.4 is 5.32 Å². The molecular weight excluding hydrogens is 272 g/mol. The van der Waals surface area contributed by atoms with Gasteiger partial charge in [0.2, 0.25) is 0 Å². The molecule has 1 saturated carbocycles. The number of nitro benzene ring substituents is 1. The van der Waals surface area contributed by atoms with Gasteiger partial charge < -0.3 is 10.4 Å². The zero-order valence-electron chi connectivity index (χ0n) is 12.3. The van der Waals surface area contributed by atoms with Crippen molar-refractivity contribution in [2.24, 2.45) is 5.41 Å². The van der Waals surface area contributed by atoms with E-state index in [2.05, 4.69) is 5.32 Å². The molecule has 2 rings (SSSR count). The van der Waals surface area contributed by atoms with Gasteiger partial charge in [0.15, 0.2) is 0 Å². The lowest BCUT2D eigenvalue weighted by atomic mass is 9.71. The van der Waals surface area contributed by atoms with Crippen LogP contribution >= 0.6 is 0 Å². The van der Waals surface area contributed by atoms with Crippen molar-refractivity contribution in [2.45, 2.75) is 45.6 Å². The van der Waals surface area contributed by atoms with Gasteiger partial charge in [0.05, 0.1) is 10.3 Å². The van der Waals surface area contributed by atoms with Gasteiger partial charge in [0.25, 0.3) is 5.69 Å². The van der Waals surface area contributed by atoms with Crippen molar-refractivity contribution in [1.82, 2.24) is 0 Å². The zero-order chi connectivity index (χ0) is 15.6. The van der Waals surface area contributed by atoms with Crippen LogP contribution in [0.2, 0.25) is 0 Å². The number of aryl methyl sites for hydroxylation is 1. The summed E-state index contributed by atoms with van der Waals surface area (Å²) in [5.74, 6) is -0.792. The number of nitrogens with zero attached hydrogens (tertiary/aromatic N) is 1. The van der Waals surface area contributed by atoms with Crippen molar-refractivity contribution in [3.05, 3.63) is 33.9 Å². The number of anilines is 1. The molecule has 0 bridgehead atoms.